The minimum atomic E-state index is -0.721. The Bertz CT molecular complexity index is 596. The van der Waals surface area contributed by atoms with E-state index in [0.29, 0.717) is 17.9 Å². The molecule has 1 heterocycles. The van der Waals surface area contributed by atoms with E-state index in [0.717, 1.165) is 18.5 Å². The van der Waals surface area contributed by atoms with Crippen LogP contribution < -0.4 is 5.32 Å². The van der Waals surface area contributed by atoms with Gasteiger partial charge in [-0.05, 0) is 56.6 Å². The van der Waals surface area contributed by atoms with Crippen molar-refractivity contribution in [1.82, 2.24) is 10.2 Å². The zero-order valence-corrected chi connectivity index (χ0v) is 15.0. The topological polar surface area (TPSA) is 49.4 Å². The molecule has 1 unspecified atom stereocenters. The van der Waals surface area contributed by atoms with E-state index < -0.39 is 10.8 Å². The molecule has 1 N–H and O–H groups in total. The third kappa shape index (κ3) is 3.43. The van der Waals surface area contributed by atoms with Crippen LogP contribution in [-0.4, -0.2) is 37.4 Å². The first-order valence-electron chi connectivity index (χ1n) is 7.94. The number of hydrogen-bond acceptors (Lipinski definition) is 3. The average Bonchev–Trinajstić information content (AvgIpc) is 2.42. The van der Waals surface area contributed by atoms with E-state index in [1.807, 2.05) is 52.2 Å². The molecule has 126 valence electrons. The van der Waals surface area contributed by atoms with Gasteiger partial charge in [0, 0.05) is 11.4 Å². The number of carbonyl (C=O) groups is 2. The molecule has 1 fully saturated rings. The van der Waals surface area contributed by atoms with Crippen molar-refractivity contribution in [2.75, 3.05) is 20.6 Å². The second-order valence-corrected chi connectivity index (χ2v) is 7.69. The monoisotopic (exact) mass is 336 g/mol. The van der Waals surface area contributed by atoms with Crippen molar-refractivity contribution < 1.29 is 9.59 Å². The average molecular weight is 337 g/mol. The minimum absolute atomic E-state index is 0.195. The van der Waals surface area contributed by atoms with E-state index in [-0.39, 0.29) is 11.8 Å². The van der Waals surface area contributed by atoms with Crippen LogP contribution in [0.3, 0.4) is 0 Å². The molecule has 0 saturated carbocycles. The zero-order chi connectivity index (χ0) is 17.3. The number of halogens is 1. The molecule has 0 aromatic heterocycles. The maximum Gasteiger partial charge on any atom is 0.237 e. The first-order chi connectivity index (χ1) is 10.7. The minimum Gasteiger partial charge on any atom is -0.309 e. The Morgan fingerprint density at radius 2 is 1.78 bits per heavy atom. The number of nitrogens with one attached hydrogen (secondary N) is 1. The van der Waals surface area contributed by atoms with Gasteiger partial charge in [-0.25, -0.2) is 0 Å². The number of benzene rings is 1. The molecule has 1 aromatic rings. The Labute approximate surface area is 143 Å². The summed E-state index contributed by atoms with van der Waals surface area (Å²) < 4.78 is 0. The standard InChI is InChI=1S/C18H25ClN2O2/c1-17(2)12-15(22)20-16(23)18(17,10-5-11-21(3)4)13-6-8-14(19)9-7-13/h6-9H,5,10-12H2,1-4H3,(H,20,22,23). The summed E-state index contributed by atoms with van der Waals surface area (Å²) in [4.78, 5) is 26.9. The van der Waals surface area contributed by atoms with Gasteiger partial charge < -0.3 is 4.90 Å². The van der Waals surface area contributed by atoms with Crippen LogP contribution in [0.1, 0.15) is 38.7 Å². The number of rotatable bonds is 5. The molecule has 0 aliphatic carbocycles. The molecule has 5 heteroatoms. The van der Waals surface area contributed by atoms with Gasteiger partial charge in [-0.1, -0.05) is 37.6 Å². The summed E-state index contributed by atoms with van der Waals surface area (Å²) in [5.41, 5.74) is -0.246. The van der Waals surface area contributed by atoms with Gasteiger partial charge in [-0.2, -0.15) is 0 Å². The largest absolute Gasteiger partial charge is 0.309 e. The second kappa shape index (κ2) is 6.62. The Kier molecular flexibility index (Phi) is 5.17. The fourth-order valence-corrected chi connectivity index (χ4v) is 3.78. The van der Waals surface area contributed by atoms with E-state index in [2.05, 4.69) is 10.2 Å². The van der Waals surface area contributed by atoms with Crippen LogP contribution in [-0.2, 0) is 15.0 Å². The smallest absolute Gasteiger partial charge is 0.237 e. The second-order valence-electron chi connectivity index (χ2n) is 7.26. The highest BCUT2D eigenvalue weighted by Crippen LogP contribution is 2.50. The van der Waals surface area contributed by atoms with E-state index in [1.165, 1.54) is 0 Å². The lowest BCUT2D eigenvalue weighted by Crippen LogP contribution is -2.61. The molecule has 1 atom stereocenters. The molecule has 0 bridgehead atoms. The lowest BCUT2D eigenvalue weighted by Gasteiger charge is -2.48. The van der Waals surface area contributed by atoms with E-state index in [4.69, 9.17) is 11.6 Å². The predicted octanol–water partition coefficient (Wildman–Crippen LogP) is 2.99. The first-order valence-corrected chi connectivity index (χ1v) is 8.32. The SMILES string of the molecule is CN(C)CCCC1(c2ccc(Cl)cc2)C(=O)NC(=O)CC1(C)C. The molecule has 2 rings (SSSR count). The fourth-order valence-electron chi connectivity index (χ4n) is 3.65. The lowest BCUT2D eigenvalue weighted by molar-refractivity contribution is -0.145. The van der Waals surface area contributed by atoms with Crippen molar-refractivity contribution in [3.63, 3.8) is 0 Å². The van der Waals surface area contributed by atoms with Gasteiger partial charge in [0.25, 0.3) is 0 Å². The van der Waals surface area contributed by atoms with Gasteiger partial charge >= 0.3 is 0 Å². The highest BCUT2D eigenvalue weighted by atomic mass is 35.5. The third-order valence-electron chi connectivity index (χ3n) is 4.89. The number of hydrogen-bond donors (Lipinski definition) is 1. The number of carbonyl (C=O) groups excluding carboxylic acids is 2. The number of amides is 2. The molecular formula is C18H25ClN2O2. The van der Waals surface area contributed by atoms with Crippen molar-refractivity contribution in [3.05, 3.63) is 34.9 Å². The Morgan fingerprint density at radius 1 is 1.17 bits per heavy atom. The fraction of sp³-hybridized carbons (Fsp3) is 0.556. The van der Waals surface area contributed by atoms with E-state index in [1.54, 1.807) is 0 Å². The summed E-state index contributed by atoms with van der Waals surface area (Å²) in [6.07, 6.45) is 1.91. The Hall–Kier alpha value is -1.39. The molecule has 1 aliphatic rings. The van der Waals surface area contributed by atoms with Crippen molar-refractivity contribution in [1.29, 1.82) is 0 Å². The van der Waals surface area contributed by atoms with Crippen molar-refractivity contribution in [2.45, 2.75) is 38.5 Å². The van der Waals surface area contributed by atoms with Crippen molar-refractivity contribution in [3.8, 4) is 0 Å². The lowest BCUT2D eigenvalue weighted by atomic mass is 9.56. The van der Waals surface area contributed by atoms with E-state index >= 15 is 0 Å². The third-order valence-corrected chi connectivity index (χ3v) is 5.14. The summed E-state index contributed by atoms with van der Waals surface area (Å²) in [5, 5.41) is 3.19. The van der Waals surface area contributed by atoms with Gasteiger partial charge in [0.2, 0.25) is 11.8 Å². The first kappa shape index (κ1) is 18.0. The van der Waals surface area contributed by atoms with Crippen LogP contribution in [0.4, 0.5) is 0 Å². The van der Waals surface area contributed by atoms with Crippen LogP contribution in [0.15, 0.2) is 24.3 Å². The van der Waals surface area contributed by atoms with Crippen LogP contribution >= 0.6 is 11.6 Å². The van der Waals surface area contributed by atoms with Crippen molar-refractivity contribution in [2.24, 2.45) is 5.41 Å². The maximum atomic E-state index is 12.9. The van der Waals surface area contributed by atoms with Gasteiger partial charge in [0.05, 0.1) is 5.41 Å². The molecule has 0 spiro atoms. The van der Waals surface area contributed by atoms with Gasteiger partial charge in [-0.15, -0.1) is 0 Å². The summed E-state index contributed by atoms with van der Waals surface area (Å²) in [6.45, 7) is 4.91. The van der Waals surface area contributed by atoms with Gasteiger partial charge in [-0.3, -0.25) is 14.9 Å². The molecule has 4 nitrogen and oxygen atoms in total. The number of nitrogens with zero attached hydrogens (tertiary/aromatic N) is 1. The predicted molar refractivity (Wildman–Crippen MR) is 92.5 cm³/mol. The Morgan fingerprint density at radius 3 is 2.30 bits per heavy atom. The summed E-state index contributed by atoms with van der Waals surface area (Å²) in [5.74, 6) is -0.392. The highest BCUT2D eigenvalue weighted by molar-refractivity contribution is 6.30. The summed E-state index contributed by atoms with van der Waals surface area (Å²) in [7, 11) is 4.04. The van der Waals surface area contributed by atoms with Crippen LogP contribution in [0.2, 0.25) is 5.02 Å². The molecule has 1 aromatic carbocycles. The van der Waals surface area contributed by atoms with Crippen LogP contribution in [0.5, 0.6) is 0 Å². The Balaban J connectivity index is 2.47. The summed E-state index contributed by atoms with van der Waals surface area (Å²) in [6, 6.07) is 7.44. The van der Waals surface area contributed by atoms with Gasteiger partial charge in [0.1, 0.15) is 0 Å². The van der Waals surface area contributed by atoms with Gasteiger partial charge in [0.15, 0.2) is 0 Å². The van der Waals surface area contributed by atoms with E-state index in [9.17, 15) is 9.59 Å². The molecular weight excluding hydrogens is 312 g/mol. The molecule has 0 radical (unpaired) electrons. The number of piperidine rings is 1. The number of imide groups is 1. The quantitative estimate of drug-likeness (QED) is 0.841. The molecule has 1 aliphatic heterocycles. The van der Waals surface area contributed by atoms with Crippen LogP contribution in [0.25, 0.3) is 0 Å². The normalized spacial score (nSPS) is 23.9. The molecule has 23 heavy (non-hydrogen) atoms. The van der Waals surface area contributed by atoms with Crippen molar-refractivity contribution >= 4 is 23.4 Å². The molecule has 2 amide bonds. The molecule has 1 saturated heterocycles. The summed E-state index contributed by atoms with van der Waals surface area (Å²) >= 11 is 6.01. The van der Waals surface area contributed by atoms with Crippen LogP contribution in [0, 0.1) is 5.41 Å². The highest BCUT2D eigenvalue weighted by Gasteiger charge is 2.55. The zero-order valence-electron chi connectivity index (χ0n) is 14.3. The maximum absolute atomic E-state index is 12.9.